The number of aryl methyl sites for hydroxylation is 1. The Kier molecular flexibility index (Phi) is 8.72. The standard InChI is InChI=1S/C25H36N4O/c1-3-22-7-5-6-8-23(22)18-28-25(26-4-2)27-17-20-9-11-21(12-10-20)19-29-15-13-24(30)14-16-29/h5-12,24,30H,3-4,13-19H2,1-2H3,(H2,26,27,28). The van der Waals surface area contributed by atoms with Gasteiger partial charge in [-0.1, -0.05) is 55.5 Å². The first-order valence-corrected chi connectivity index (χ1v) is 11.2. The first-order chi connectivity index (χ1) is 14.7. The zero-order chi connectivity index (χ0) is 21.2. The van der Waals surface area contributed by atoms with Gasteiger partial charge in [0.05, 0.1) is 12.6 Å². The molecule has 0 atom stereocenters. The maximum atomic E-state index is 9.65. The van der Waals surface area contributed by atoms with Crippen LogP contribution in [-0.2, 0) is 26.1 Å². The summed E-state index contributed by atoms with van der Waals surface area (Å²) in [5.74, 6) is 0.847. The molecule has 0 aromatic heterocycles. The molecule has 0 bridgehead atoms. The predicted molar refractivity (Wildman–Crippen MR) is 124 cm³/mol. The van der Waals surface area contributed by atoms with Crippen LogP contribution in [0.25, 0.3) is 0 Å². The molecule has 1 aliphatic rings. The van der Waals surface area contributed by atoms with Crippen LogP contribution in [0.5, 0.6) is 0 Å². The molecule has 0 amide bonds. The third kappa shape index (κ3) is 6.85. The number of likely N-dealkylation sites (tertiary alicyclic amines) is 1. The van der Waals surface area contributed by atoms with Crippen molar-refractivity contribution in [2.45, 2.75) is 58.8 Å². The van der Waals surface area contributed by atoms with Crippen molar-refractivity contribution in [3.05, 3.63) is 70.8 Å². The zero-order valence-electron chi connectivity index (χ0n) is 18.4. The molecular weight excluding hydrogens is 372 g/mol. The Labute approximate surface area is 181 Å². The highest BCUT2D eigenvalue weighted by Gasteiger charge is 2.16. The topological polar surface area (TPSA) is 59.9 Å². The van der Waals surface area contributed by atoms with E-state index < -0.39 is 0 Å². The van der Waals surface area contributed by atoms with E-state index >= 15 is 0 Å². The van der Waals surface area contributed by atoms with Gasteiger partial charge in [0.1, 0.15) is 0 Å². The van der Waals surface area contributed by atoms with Crippen molar-refractivity contribution in [2.24, 2.45) is 4.99 Å². The second-order valence-electron chi connectivity index (χ2n) is 7.99. The summed E-state index contributed by atoms with van der Waals surface area (Å²) >= 11 is 0. The fourth-order valence-corrected chi connectivity index (χ4v) is 3.85. The van der Waals surface area contributed by atoms with E-state index in [1.165, 1.54) is 22.3 Å². The average molecular weight is 409 g/mol. The van der Waals surface area contributed by atoms with E-state index in [1.54, 1.807) is 0 Å². The van der Waals surface area contributed by atoms with Gasteiger partial charge in [-0.25, -0.2) is 4.99 Å². The Morgan fingerprint density at radius 2 is 1.63 bits per heavy atom. The van der Waals surface area contributed by atoms with Gasteiger partial charge in [0, 0.05) is 32.7 Å². The normalized spacial score (nSPS) is 15.9. The molecule has 3 rings (SSSR count). The van der Waals surface area contributed by atoms with Crippen LogP contribution < -0.4 is 10.6 Å². The molecular formula is C25H36N4O. The lowest BCUT2D eigenvalue weighted by Crippen LogP contribution is -2.37. The lowest BCUT2D eigenvalue weighted by Gasteiger charge is -2.29. The fraction of sp³-hybridized carbons (Fsp3) is 0.480. The largest absolute Gasteiger partial charge is 0.393 e. The molecule has 5 heteroatoms. The van der Waals surface area contributed by atoms with Crippen LogP contribution >= 0.6 is 0 Å². The van der Waals surface area contributed by atoms with Crippen LogP contribution in [0.2, 0.25) is 0 Å². The van der Waals surface area contributed by atoms with Gasteiger partial charge in [0.25, 0.3) is 0 Å². The number of rotatable bonds is 8. The molecule has 0 spiro atoms. The monoisotopic (exact) mass is 408 g/mol. The van der Waals surface area contributed by atoms with Crippen molar-refractivity contribution >= 4 is 5.96 Å². The summed E-state index contributed by atoms with van der Waals surface area (Å²) in [6, 6.07) is 17.3. The minimum absolute atomic E-state index is 0.114. The van der Waals surface area contributed by atoms with Crippen molar-refractivity contribution in [3.8, 4) is 0 Å². The van der Waals surface area contributed by atoms with Gasteiger partial charge in [-0.05, 0) is 48.4 Å². The summed E-state index contributed by atoms with van der Waals surface area (Å²) in [5, 5.41) is 16.5. The average Bonchev–Trinajstić information content (AvgIpc) is 2.78. The number of hydrogen-bond donors (Lipinski definition) is 3. The number of nitrogens with one attached hydrogen (secondary N) is 2. The molecule has 2 aromatic rings. The first-order valence-electron chi connectivity index (χ1n) is 11.2. The van der Waals surface area contributed by atoms with Gasteiger partial charge in [-0.2, -0.15) is 0 Å². The van der Waals surface area contributed by atoms with Crippen LogP contribution in [0.3, 0.4) is 0 Å². The van der Waals surface area contributed by atoms with Gasteiger partial charge in [0.2, 0.25) is 0 Å². The lowest BCUT2D eigenvalue weighted by atomic mass is 10.1. The number of piperidine rings is 1. The number of aliphatic hydroxyl groups is 1. The Balaban J connectivity index is 1.53. The molecule has 1 fully saturated rings. The molecule has 0 saturated carbocycles. The van der Waals surface area contributed by atoms with E-state index in [0.717, 1.165) is 57.9 Å². The lowest BCUT2D eigenvalue weighted by molar-refractivity contribution is 0.0792. The molecule has 0 aliphatic carbocycles. The van der Waals surface area contributed by atoms with Gasteiger partial charge >= 0.3 is 0 Å². The Morgan fingerprint density at radius 1 is 0.967 bits per heavy atom. The van der Waals surface area contributed by atoms with Gasteiger partial charge < -0.3 is 15.7 Å². The zero-order valence-corrected chi connectivity index (χ0v) is 18.4. The first kappa shape index (κ1) is 22.3. The summed E-state index contributed by atoms with van der Waals surface area (Å²) in [5.41, 5.74) is 5.22. The van der Waals surface area contributed by atoms with Crippen molar-refractivity contribution in [2.75, 3.05) is 19.6 Å². The van der Waals surface area contributed by atoms with E-state index in [4.69, 9.17) is 4.99 Å². The predicted octanol–water partition coefficient (Wildman–Crippen LogP) is 3.46. The number of hydrogen-bond acceptors (Lipinski definition) is 3. The highest BCUT2D eigenvalue weighted by Crippen LogP contribution is 2.14. The van der Waals surface area contributed by atoms with Crippen LogP contribution in [-0.4, -0.2) is 41.7 Å². The molecule has 0 unspecified atom stereocenters. The second-order valence-corrected chi connectivity index (χ2v) is 7.99. The fourth-order valence-electron chi connectivity index (χ4n) is 3.85. The summed E-state index contributed by atoms with van der Waals surface area (Å²) in [6.07, 6.45) is 2.69. The van der Waals surface area contributed by atoms with Gasteiger partial charge in [-0.3, -0.25) is 4.90 Å². The van der Waals surface area contributed by atoms with Crippen molar-refractivity contribution in [1.29, 1.82) is 0 Å². The Morgan fingerprint density at radius 3 is 2.30 bits per heavy atom. The van der Waals surface area contributed by atoms with E-state index in [-0.39, 0.29) is 6.10 Å². The quantitative estimate of drug-likeness (QED) is 0.462. The number of nitrogens with zero attached hydrogens (tertiary/aromatic N) is 2. The Hall–Kier alpha value is -2.37. The maximum absolute atomic E-state index is 9.65. The van der Waals surface area contributed by atoms with E-state index in [9.17, 15) is 5.11 Å². The van der Waals surface area contributed by atoms with Crippen LogP contribution in [0.15, 0.2) is 53.5 Å². The SMILES string of the molecule is CCNC(=NCc1ccc(CN2CCC(O)CC2)cc1)NCc1ccccc1CC. The third-order valence-electron chi connectivity index (χ3n) is 5.70. The molecule has 5 nitrogen and oxygen atoms in total. The van der Waals surface area contributed by atoms with Gasteiger partial charge in [-0.15, -0.1) is 0 Å². The number of aliphatic imine (C=N–C) groups is 1. The molecule has 1 aliphatic heterocycles. The smallest absolute Gasteiger partial charge is 0.191 e. The minimum atomic E-state index is -0.114. The minimum Gasteiger partial charge on any atom is -0.393 e. The van der Waals surface area contributed by atoms with Gasteiger partial charge in [0.15, 0.2) is 5.96 Å². The van der Waals surface area contributed by atoms with Crippen LogP contribution in [0, 0.1) is 0 Å². The molecule has 1 heterocycles. The second kappa shape index (κ2) is 11.7. The van der Waals surface area contributed by atoms with Crippen molar-refractivity contribution in [3.63, 3.8) is 0 Å². The molecule has 3 N–H and O–H groups in total. The highest BCUT2D eigenvalue weighted by atomic mass is 16.3. The van der Waals surface area contributed by atoms with E-state index in [2.05, 4.69) is 77.9 Å². The molecule has 2 aromatic carbocycles. The summed E-state index contributed by atoms with van der Waals surface area (Å²) in [7, 11) is 0. The van der Waals surface area contributed by atoms with Crippen molar-refractivity contribution in [1.82, 2.24) is 15.5 Å². The molecule has 0 radical (unpaired) electrons. The number of benzene rings is 2. The summed E-state index contributed by atoms with van der Waals surface area (Å²) in [4.78, 5) is 7.18. The van der Waals surface area contributed by atoms with Crippen LogP contribution in [0.1, 0.15) is 48.9 Å². The number of guanidine groups is 1. The van der Waals surface area contributed by atoms with Crippen molar-refractivity contribution < 1.29 is 5.11 Å². The van der Waals surface area contributed by atoms with Crippen LogP contribution in [0.4, 0.5) is 0 Å². The van der Waals surface area contributed by atoms with E-state index in [0.29, 0.717) is 6.54 Å². The third-order valence-corrected chi connectivity index (χ3v) is 5.70. The maximum Gasteiger partial charge on any atom is 0.191 e. The highest BCUT2D eigenvalue weighted by molar-refractivity contribution is 5.79. The molecule has 1 saturated heterocycles. The molecule has 162 valence electrons. The summed E-state index contributed by atoms with van der Waals surface area (Å²) in [6.45, 7) is 9.46. The number of aliphatic hydroxyl groups excluding tert-OH is 1. The van der Waals surface area contributed by atoms with E-state index in [1.807, 2.05) is 0 Å². The summed E-state index contributed by atoms with van der Waals surface area (Å²) < 4.78 is 0. The Bertz CT molecular complexity index is 795. The molecule has 30 heavy (non-hydrogen) atoms.